The van der Waals surface area contributed by atoms with Gasteiger partial charge in [0.05, 0.1) is 6.61 Å². The third kappa shape index (κ3) is 2.77. The molecule has 1 aliphatic rings. The predicted octanol–water partition coefficient (Wildman–Crippen LogP) is 2.70. The highest BCUT2D eigenvalue weighted by atomic mass is 16.5. The van der Waals surface area contributed by atoms with Crippen LogP contribution in [0.2, 0.25) is 0 Å². The molecule has 7 nitrogen and oxygen atoms in total. The Labute approximate surface area is 139 Å². The topological polar surface area (TPSA) is 89.7 Å². The van der Waals surface area contributed by atoms with Gasteiger partial charge in [0.25, 0.3) is 0 Å². The molecule has 4 rings (SSSR count). The minimum absolute atomic E-state index is 0.583. The smallest absolute Gasteiger partial charge is 0.223 e. The minimum Gasteiger partial charge on any atom is -0.493 e. The number of nitrogens with one attached hydrogen (secondary N) is 1. The van der Waals surface area contributed by atoms with Crippen molar-refractivity contribution in [2.75, 3.05) is 6.61 Å². The van der Waals surface area contributed by atoms with Gasteiger partial charge in [-0.15, -0.1) is 0 Å². The van der Waals surface area contributed by atoms with E-state index in [0.717, 1.165) is 47.8 Å². The molecule has 0 fully saturated rings. The highest BCUT2D eigenvalue weighted by molar-refractivity contribution is 5.75. The van der Waals surface area contributed by atoms with Crippen LogP contribution in [0.5, 0.6) is 5.75 Å². The van der Waals surface area contributed by atoms with E-state index in [2.05, 4.69) is 38.3 Å². The van der Waals surface area contributed by atoms with Crippen LogP contribution in [0.25, 0.3) is 11.4 Å². The van der Waals surface area contributed by atoms with E-state index >= 15 is 0 Å². The minimum atomic E-state index is 0.583. The van der Waals surface area contributed by atoms with Gasteiger partial charge in [0.15, 0.2) is 5.82 Å². The summed E-state index contributed by atoms with van der Waals surface area (Å²) in [6.07, 6.45) is 2.63. The normalized spacial score (nSPS) is 12.3. The lowest BCUT2D eigenvalue weighted by atomic mass is 10.1. The average molecular weight is 325 g/mol. The lowest BCUT2D eigenvalue weighted by Gasteiger charge is -2.09. The average Bonchev–Trinajstić information content (AvgIpc) is 3.05. The molecule has 0 amide bonds. The van der Waals surface area contributed by atoms with Crippen LogP contribution in [0, 0.1) is 20.8 Å². The molecule has 0 saturated carbocycles. The highest BCUT2D eigenvalue weighted by Crippen LogP contribution is 2.45. The molecule has 2 heterocycles. The second-order valence-electron chi connectivity index (χ2n) is 6.13. The van der Waals surface area contributed by atoms with Crippen molar-refractivity contribution in [3.63, 3.8) is 0 Å². The molecule has 0 bridgehead atoms. The van der Waals surface area contributed by atoms with E-state index in [1.165, 1.54) is 11.1 Å². The van der Waals surface area contributed by atoms with Crippen molar-refractivity contribution >= 4 is 0 Å². The molecule has 2 aromatic heterocycles. The van der Waals surface area contributed by atoms with Gasteiger partial charge in [-0.3, -0.25) is 5.10 Å². The van der Waals surface area contributed by atoms with Crippen LogP contribution in [0.1, 0.15) is 40.7 Å². The second kappa shape index (κ2) is 5.74. The number of rotatable bonds is 6. The van der Waals surface area contributed by atoms with Gasteiger partial charge in [-0.25, -0.2) is 4.98 Å². The van der Waals surface area contributed by atoms with E-state index in [1.807, 2.05) is 6.92 Å². The summed E-state index contributed by atoms with van der Waals surface area (Å²) in [5.41, 5.74) is 4.70. The first-order chi connectivity index (χ1) is 11.6. The molecule has 1 N–H and O–H groups in total. The van der Waals surface area contributed by atoms with Gasteiger partial charge in [-0.2, -0.15) is 10.1 Å². The van der Waals surface area contributed by atoms with E-state index < -0.39 is 0 Å². The third-order valence-electron chi connectivity index (χ3n) is 4.11. The predicted molar refractivity (Wildman–Crippen MR) is 86.9 cm³/mol. The number of aromatic nitrogens is 5. The lowest BCUT2D eigenvalue weighted by molar-refractivity contribution is 0.307. The molecule has 1 aromatic carbocycles. The monoisotopic (exact) mass is 325 g/mol. The van der Waals surface area contributed by atoms with Gasteiger partial charge in [-0.1, -0.05) is 5.16 Å². The maximum Gasteiger partial charge on any atom is 0.223 e. The SMILES string of the molecule is Cc1nc(CCCOc2c(C)cc(-c3noc(C)n3)c3c2C3)n[nH]1. The Morgan fingerprint density at radius 2 is 2.08 bits per heavy atom. The summed E-state index contributed by atoms with van der Waals surface area (Å²) < 4.78 is 11.1. The van der Waals surface area contributed by atoms with E-state index in [1.54, 1.807) is 6.92 Å². The Kier molecular flexibility index (Phi) is 3.55. The van der Waals surface area contributed by atoms with E-state index in [4.69, 9.17) is 9.26 Å². The Hall–Kier alpha value is -2.70. The molecule has 0 atom stereocenters. The van der Waals surface area contributed by atoms with Crippen molar-refractivity contribution in [2.45, 2.75) is 40.0 Å². The van der Waals surface area contributed by atoms with Crippen LogP contribution in [0.4, 0.5) is 0 Å². The van der Waals surface area contributed by atoms with Crippen LogP contribution < -0.4 is 4.74 Å². The van der Waals surface area contributed by atoms with Crippen LogP contribution in [-0.2, 0) is 12.8 Å². The maximum atomic E-state index is 6.01. The number of benzene rings is 1. The molecule has 24 heavy (non-hydrogen) atoms. The number of fused-ring (bicyclic) bond motifs is 1. The zero-order valence-electron chi connectivity index (χ0n) is 14.0. The van der Waals surface area contributed by atoms with Crippen LogP contribution in [-0.4, -0.2) is 31.9 Å². The van der Waals surface area contributed by atoms with Gasteiger partial charge in [0, 0.05) is 30.9 Å². The van der Waals surface area contributed by atoms with E-state index in [-0.39, 0.29) is 0 Å². The van der Waals surface area contributed by atoms with Gasteiger partial charge >= 0.3 is 0 Å². The van der Waals surface area contributed by atoms with Gasteiger partial charge in [0.1, 0.15) is 11.6 Å². The maximum absolute atomic E-state index is 6.01. The molecule has 3 aromatic rings. The summed E-state index contributed by atoms with van der Waals surface area (Å²) >= 11 is 0. The number of hydrogen-bond acceptors (Lipinski definition) is 6. The molecule has 0 saturated heterocycles. The van der Waals surface area contributed by atoms with Gasteiger partial charge in [-0.05, 0) is 37.5 Å². The Morgan fingerprint density at radius 1 is 1.21 bits per heavy atom. The Balaban J connectivity index is 1.42. The van der Waals surface area contributed by atoms with Crippen molar-refractivity contribution in [1.29, 1.82) is 0 Å². The van der Waals surface area contributed by atoms with Crippen LogP contribution in [0.15, 0.2) is 10.6 Å². The highest BCUT2D eigenvalue weighted by Gasteiger charge is 2.30. The Morgan fingerprint density at radius 3 is 2.79 bits per heavy atom. The molecular formula is C17H19N5O2. The number of H-pyrrole nitrogens is 1. The summed E-state index contributed by atoms with van der Waals surface area (Å²) in [5, 5.41) is 11.0. The number of aromatic amines is 1. The van der Waals surface area contributed by atoms with Crippen molar-refractivity contribution < 1.29 is 9.26 Å². The number of nitrogens with zero attached hydrogens (tertiary/aromatic N) is 4. The lowest BCUT2D eigenvalue weighted by Crippen LogP contribution is -2.02. The number of ether oxygens (including phenoxy) is 1. The zero-order chi connectivity index (χ0) is 16.7. The molecule has 124 valence electrons. The standard InChI is InChI=1S/C17H19N5O2/c1-9-7-14(17-19-11(3)24-22-17)12-8-13(12)16(9)23-6-4-5-15-18-10(2)20-21-15/h7H,4-6,8H2,1-3H3,(H,18,20,21). The van der Waals surface area contributed by atoms with Crippen molar-refractivity contribution in [1.82, 2.24) is 25.3 Å². The Bertz CT molecular complexity index is 893. The number of hydrogen-bond donors (Lipinski definition) is 1. The third-order valence-corrected chi connectivity index (χ3v) is 4.11. The van der Waals surface area contributed by atoms with Crippen molar-refractivity contribution in [3.05, 3.63) is 40.3 Å². The summed E-state index contributed by atoms with van der Waals surface area (Å²) in [7, 11) is 0. The first-order valence-corrected chi connectivity index (χ1v) is 8.08. The molecular weight excluding hydrogens is 306 g/mol. The zero-order valence-corrected chi connectivity index (χ0v) is 14.0. The summed E-state index contributed by atoms with van der Waals surface area (Å²) in [5.74, 6) is 3.93. The summed E-state index contributed by atoms with van der Waals surface area (Å²) in [6, 6.07) is 2.09. The molecule has 0 radical (unpaired) electrons. The fourth-order valence-corrected chi connectivity index (χ4v) is 2.93. The molecule has 0 spiro atoms. The van der Waals surface area contributed by atoms with E-state index in [9.17, 15) is 0 Å². The largest absolute Gasteiger partial charge is 0.493 e. The molecule has 0 aliphatic heterocycles. The second-order valence-corrected chi connectivity index (χ2v) is 6.13. The molecule has 7 heteroatoms. The van der Waals surface area contributed by atoms with Crippen molar-refractivity contribution in [3.8, 4) is 17.1 Å². The summed E-state index contributed by atoms with van der Waals surface area (Å²) in [6.45, 7) is 6.42. The first kappa shape index (κ1) is 14.9. The molecule has 0 unspecified atom stereocenters. The van der Waals surface area contributed by atoms with Gasteiger partial charge in [0.2, 0.25) is 11.7 Å². The molecule has 1 aliphatic carbocycles. The van der Waals surface area contributed by atoms with Crippen molar-refractivity contribution in [2.24, 2.45) is 0 Å². The van der Waals surface area contributed by atoms with E-state index in [0.29, 0.717) is 18.3 Å². The fourth-order valence-electron chi connectivity index (χ4n) is 2.93. The quantitative estimate of drug-likeness (QED) is 0.548. The van der Waals surface area contributed by atoms with Crippen LogP contribution >= 0.6 is 0 Å². The number of aryl methyl sites for hydroxylation is 4. The van der Waals surface area contributed by atoms with Crippen LogP contribution in [0.3, 0.4) is 0 Å². The first-order valence-electron chi connectivity index (χ1n) is 8.08. The van der Waals surface area contributed by atoms with Gasteiger partial charge < -0.3 is 9.26 Å². The summed E-state index contributed by atoms with van der Waals surface area (Å²) in [4.78, 5) is 8.62. The fraction of sp³-hybridized carbons (Fsp3) is 0.412.